The second kappa shape index (κ2) is 8.91. The van der Waals surface area contributed by atoms with Crippen LogP contribution in [-0.4, -0.2) is 27.4 Å². The zero-order valence-corrected chi connectivity index (χ0v) is 17.1. The first-order chi connectivity index (χ1) is 15.1. The molecule has 1 amide bonds. The summed E-state index contributed by atoms with van der Waals surface area (Å²) in [7, 11) is 0. The van der Waals surface area contributed by atoms with Gasteiger partial charge < -0.3 is 10.4 Å². The number of hydrogen-bond acceptors (Lipinski definition) is 4. The highest BCUT2D eigenvalue weighted by molar-refractivity contribution is 5.92. The molecule has 0 unspecified atom stereocenters. The first-order valence-electron chi connectivity index (χ1n) is 9.51. The van der Waals surface area contributed by atoms with Gasteiger partial charge in [0.2, 0.25) is 0 Å². The standard InChI is InChI=1S/C22H19F4N3O3/c1-12-5-3-8-16(23)20(12)29-18(31)10-9-17(28-29)21(32)27-13(2)14-6-4-7-15(19(14)24)22(25,26)11-30/h3-10,13,30H,11H2,1-2H3,(H,27,32)/t13-/m1/s1. The van der Waals surface area contributed by atoms with Crippen LogP contribution in [-0.2, 0) is 5.92 Å². The molecule has 10 heteroatoms. The van der Waals surface area contributed by atoms with Gasteiger partial charge in [-0.2, -0.15) is 18.6 Å². The molecule has 32 heavy (non-hydrogen) atoms. The van der Waals surface area contributed by atoms with Crippen molar-refractivity contribution < 1.29 is 27.5 Å². The fraction of sp³-hybridized carbons (Fsp3) is 0.227. The van der Waals surface area contributed by atoms with E-state index in [4.69, 9.17) is 5.11 Å². The number of carbonyl (C=O) groups is 1. The van der Waals surface area contributed by atoms with Gasteiger partial charge >= 0.3 is 0 Å². The van der Waals surface area contributed by atoms with Gasteiger partial charge in [-0.25, -0.2) is 8.78 Å². The van der Waals surface area contributed by atoms with Gasteiger partial charge in [-0.3, -0.25) is 9.59 Å². The maximum absolute atomic E-state index is 14.6. The van der Waals surface area contributed by atoms with Crippen LogP contribution < -0.4 is 10.9 Å². The number of alkyl halides is 2. The number of rotatable bonds is 6. The minimum atomic E-state index is -3.79. The second-order valence-electron chi connectivity index (χ2n) is 7.14. The molecule has 0 saturated carbocycles. The van der Waals surface area contributed by atoms with Gasteiger partial charge in [-0.15, -0.1) is 0 Å². The van der Waals surface area contributed by atoms with Crippen LogP contribution in [0.4, 0.5) is 17.6 Å². The molecule has 1 aromatic heterocycles. The Bertz CT molecular complexity index is 1210. The van der Waals surface area contributed by atoms with Gasteiger partial charge in [0.25, 0.3) is 17.4 Å². The van der Waals surface area contributed by atoms with Gasteiger partial charge in [-0.05, 0) is 37.6 Å². The van der Waals surface area contributed by atoms with E-state index in [2.05, 4.69) is 10.4 Å². The number of aliphatic hydroxyl groups is 1. The molecule has 6 nitrogen and oxygen atoms in total. The number of hydrogen-bond donors (Lipinski definition) is 2. The number of nitrogens with one attached hydrogen (secondary N) is 1. The lowest BCUT2D eigenvalue weighted by atomic mass is 10.0. The van der Waals surface area contributed by atoms with E-state index >= 15 is 0 Å². The minimum absolute atomic E-state index is 0.120. The minimum Gasteiger partial charge on any atom is -0.390 e. The Labute approximate surface area is 180 Å². The normalized spacial score (nSPS) is 12.5. The molecular formula is C22H19F4N3O3. The lowest BCUT2D eigenvalue weighted by Gasteiger charge is -2.20. The number of aryl methyl sites for hydroxylation is 1. The van der Waals surface area contributed by atoms with Crippen molar-refractivity contribution in [3.05, 3.63) is 92.9 Å². The Morgan fingerprint density at radius 2 is 1.84 bits per heavy atom. The number of aromatic nitrogens is 2. The van der Waals surface area contributed by atoms with E-state index in [0.29, 0.717) is 5.56 Å². The summed E-state index contributed by atoms with van der Waals surface area (Å²) in [6.45, 7) is 1.36. The van der Waals surface area contributed by atoms with Crippen molar-refractivity contribution in [1.82, 2.24) is 15.1 Å². The van der Waals surface area contributed by atoms with E-state index in [0.717, 1.165) is 28.9 Å². The predicted molar refractivity (Wildman–Crippen MR) is 108 cm³/mol. The average molecular weight is 449 g/mol. The quantitative estimate of drug-likeness (QED) is 0.565. The number of para-hydroxylation sites is 1. The highest BCUT2D eigenvalue weighted by Gasteiger charge is 2.35. The third kappa shape index (κ3) is 4.40. The molecule has 0 radical (unpaired) electrons. The van der Waals surface area contributed by atoms with Crippen LogP contribution in [0.25, 0.3) is 5.69 Å². The molecular weight excluding hydrogens is 430 g/mol. The average Bonchev–Trinajstić information content (AvgIpc) is 2.74. The summed E-state index contributed by atoms with van der Waals surface area (Å²) in [6.07, 6.45) is 0. The Morgan fingerprint density at radius 3 is 2.50 bits per heavy atom. The summed E-state index contributed by atoms with van der Waals surface area (Å²) >= 11 is 0. The number of carbonyl (C=O) groups excluding carboxylic acids is 1. The van der Waals surface area contributed by atoms with Crippen molar-refractivity contribution in [3.8, 4) is 5.69 Å². The van der Waals surface area contributed by atoms with E-state index in [1.807, 2.05) is 0 Å². The van der Waals surface area contributed by atoms with Gasteiger partial charge in [0.05, 0.1) is 11.6 Å². The van der Waals surface area contributed by atoms with E-state index in [1.54, 1.807) is 13.0 Å². The molecule has 1 heterocycles. The van der Waals surface area contributed by atoms with Crippen molar-refractivity contribution in [1.29, 1.82) is 0 Å². The first kappa shape index (κ1) is 23.1. The van der Waals surface area contributed by atoms with Crippen LogP contribution in [0, 0.1) is 18.6 Å². The van der Waals surface area contributed by atoms with Crippen LogP contribution >= 0.6 is 0 Å². The van der Waals surface area contributed by atoms with Crippen LogP contribution in [0.5, 0.6) is 0 Å². The fourth-order valence-electron chi connectivity index (χ4n) is 3.18. The molecule has 0 saturated heterocycles. The number of aliphatic hydroxyl groups excluding tert-OH is 1. The predicted octanol–water partition coefficient (Wildman–Crippen LogP) is 3.39. The van der Waals surface area contributed by atoms with Crippen molar-refractivity contribution >= 4 is 5.91 Å². The molecule has 2 N–H and O–H groups in total. The Morgan fingerprint density at radius 1 is 1.16 bits per heavy atom. The van der Waals surface area contributed by atoms with E-state index in [9.17, 15) is 27.2 Å². The third-order valence-corrected chi connectivity index (χ3v) is 4.87. The maximum Gasteiger partial charge on any atom is 0.298 e. The Balaban J connectivity index is 1.92. The monoisotopic (exact) mass is 449 g/mol. The SMILES string of the molecule is Cc1cccc(F)c1-n1nc(C(=O)N[C@H](C)c2cccc(C(F)(F)CO)c2F)ccc1=O. The second-order valence-corrected chi connectivity index (χ2v) is 7.14. The molecule has 3 aromatic rings. The van der Waals surface area contributed by atoms with Gasteiger partial charge in [-0.1, -0.05) is 24.3 Å². The summed E-state index contributed by atoms with van der Waals surface area (Å²) in [5.74, 6) is -6.61. The number of halogens is 4. The maximum atomic E-state index is 14.6. The van der Waals surface area contributed by atoms with Crippen molar-refractivity contribution in [3.63, 3.8) is 0 Å². The zero-order valence-electron chi connectivity index (χ0n) is 17.1. The molecule has 0 spiro atoms. The van der Waals surface area contributed by atoms with Crippen molar-refractivity contribution in [2.45, 2.75) is 25.8 Å². The summed E-state index contributed by atoms with van der Waals surface area (Å²) in [5.41, 5.74) is -1.88. The van der Waals surface area contributed by atoms with Crippen molar-refractivity contribution in [2.75, 3.05) is 6.61 Å². The van der Waals surface area contributed by atoms with Crippen LogP contribution in [0.3, 0.4) is 0 Å². The number of amides is 1. The van der Waals surface area contributed by atoms with Gasteiger partial charge in [0, 0.05) is 11.6 Å². The van der Waals surface area contributed by atoms with E-state index in [1.165, 1.54) is 25.1 Å². The summed E-state index contributed by atoms with van der Waals surface area (Å²) in [6, 6.07) is 8.49. The summed E-state index contributed by atoms with van der Waals surface area (Å²) < 4.78 is 57.2. The largest absolute Gasteiger partial charge is 0.390 e. The van der Waals surface area contributed by atoms with Crippen LogP contribution in [0.2, 0.25) is 0 Å². The third-order valence-electron chi connectivity index (χ3n) is 4.87. The summed E-state index contributed by atoms with van der Waals surface area (Å²) in [5, 5.41) is 15.2. The van der Waals surface area contributed by atoms with Gasteiger partial charge in [0.15, 0.2) is 0 Å². The van der Waals surface area contributed by atoms with Crippen molar-refractivity contribution in [2.24, 2.45) is 0 Å². The van der Waals surface area contributed by atoms with E-state index in [-0.39, 0.29) is 16.9 Å². The lowest BCUT2D eigenvalue weighted by molar-refractivity contribution is -0.0584. The highest BCUT2D eigenvalue weighted by atomic mass is 19.3. The highest BCUT2D eigenvalue weighted by Crippen LogP contribution is 2.32. The molecule has 0 aliphatic rings. The van der Waals surface area contributed by atoms with Gasteiger partial charge in [0.1, 0.15) is 29.6 Å². The molecule has 168 valence electrons. The zero-order chi connectivity index (χ0) is 23.6. The molecule has 0 aliphatic carbocycles. The fourth-order valence-corrected chi connectivity index (χ4v) is 3.18. The van der Waals surface area contributed by atoms with Crippen LogP contribution in [0.1, 0.15) is 40.1 Å². The molecule has 2 aromatic carbocycles. The molecule has 0 fully saturated rings. The Kier molecular flexibility index (Phi) is 6.45. The first-order valence-corrected chi connectivity index (χ1v) is 9.51. The molecule has 3 rings (SSSR count). The Hall–Kier alpha value is -3.53. The van der Waals surface area contributed by atoms with Crippen LogP contribution in [0.15, 0.2) is 53.3 Å². The molecule has 1 atom stereocenters. The van der Waals surface area contributed by atoms with E-state index < -0.39 is 47.2 Å². The summed E-state index contributed by atoms with van der Waals surface area (Å²) in [4.78, 5) is 24.9. The lowest BCUT2D eigenvalue weighted by Crippen LogP contribution is -2.32. The molecule has 0 aliphatic heterocycles. The smallest absolute Gasteiger partial charge is 0.298 e. The number of nitrogens with zero attached hydrogens (tertiary/aromatic N) is 2. The molecule has 0 bridgehead atoms. The number of benzene rings is 2. The topological polar surface area (TPSA) is 84.2 Å².